The van der Waals surface area contributed by atoms with Gasteiger partial charge in [-0.25, -0.2) is 0 Å². The number of hydrogen-bond acceptors (Lipinski definition) is 3. The molecule has 1 unspecified atom stereocenters. The molecule has 4 nitrogen and oxygen atoms in total. The zero-order valence-corrected chi connectivity index (χ0v) is 12.3. The van der Waals surface area contributed by atoms with E-state index >= 15 is 0 Å². The highest BCUT2D eigenvalue weighted by molar-refractivity contribution is 5.81. The van der Waals surface area contributed by atoms with Gasteiger partial charge in [-0.05, 0) is 37.8 Å². The maximum atomic E-state index is 11.9. The number of amides is 1. The van der Waals surface area contributed by atoms with E-state index in [1.165, 1.54) is 0 Å². The SMILES string of the molecule is CC(C)CCNC(=O)C(C)N[C@@H](C)c1cccnc1. The number of rotatable bonds is 7. The van der Waals surface area contributed by atoms with E-state index in [-0.39, 0.29) is 18.0 Å². The van der Waals surface area contributed by atoms with Crippen LogP contribution in [-0.2, 0) is 4.79 Å². The molecule has 0 fully saturated rings. The lowest BCUT2D eigenvalue weighted by molar-refractivity contribution is -0.122. The molecule has 1 aromatic rings. The van der Waals surface area contributed by atoms with E-state index in [1.807, 2.05) is 32.2 Å². The predicted molar refractivity (Wildman–Crippen MR) is 77.7 cm³/mol. The highest BCUT2D eigenvalue weighted by Crippen LogP contribution is 2.10. The van der Waals surface area contributed by atoms with E-state index in [1.54, 1.807) is 6.20 Å². The molecule has 0 saturated heterocycles. The van der Waals surface area contributed by atoms with Gasteiger partial charge in [0.05, 0.1) is 6.04 Å². The van der Waals surface area contributed by atoms with Gasteiger partial charge in [0.15, 0.2) is 0 Å². The van der Waals surface area contributed by atoms with Crippen LogP contribution in [0, 0.1) is 5.92 Å². The first-order chi connectivity index (χ1) is 9.00. The summed E-state index contributed by atoms with van der Waals surface area (Å²) in [5.41, 5.74) is 1.09. The molecule has 0 aliphatic heterocycles. The van der Waals surface area contributed by atoms with Crippen molar-refractivity contribution in [2.75, 3.05) is 6.54 Å². The second kappa shape index (κ2) is 7.89. The van der Waals surface area contributed by atoms with E-state index in [0.717, 1.165) is 18.5 Å². The van der Waals surface area contributed by atoms with E-state index in [4.69, 9.17) is 0 Å². The molecule has 2 atom stereocenters. The lowest BCUT2D eigenvalue weighted by atomic mass is 10.1. The van der Waals surface area contributed by atoms with Gasteiger partial charge < -0.3 is 5.32 Å². The average Bonchev–Trinajstić information content (AvgIpc) is 2.39. The first-order valence-electron chi connectivity index (χ1n) is 6.94. The van der Waals surface area contributed by atoms with Crippen LogP contribution in [0.3, 0.4) is 0 Å². The molecule has 0 aliphatic carbocycles. The monoisotopic (exact) mass is 263 g/mol. The molecule has 0 saturated carbocycles. The molecule has 4 heteroatoms. The summed E-state index contributed by atoms with van der Waals surface area (Å²) in [5.74, 6) is 0.661. The van der Waals surface area contributed by atoms with Gasteiger partial charge in [0.25, 0.3) is 0 Å². The lowest BCUT2D eigenvalue weighted by Gasteiger charge is -2.20. The topological polar surface area (TPSA) is 54.0 Å². The van der Waals surface area contributed by atoms with Crippen molar-refractivity contribution in [3.8, 4) is 0 Å². The van der Waals surface area contributed by atoms with Crippen molar-refractivity contribution in [2.45, 2.75) is 46.2 Å². The van der Waals surface area contributed by atoms with Gasteiger partial charge in [-0.2, -0.15) is 0 Å². The van der Waals surface area contributed by atoms with Crippen LogP contribution in [0.1, 0.15) is 45.7 Å². The predicted octanol–water partition coefficient (Wildman–Crippen LogP) is 2.28. The van der Waals surface area contributed by atoms with E-state index in [2.05, 4.69) is 29.5 Å². The molecule has 0 bridgehead atoms. The van der Waals surface area contributed by atoms with Crippen LogP contribution in [0.4, 0.5) is 0 Å². The summed E-state index contributed by atoms with van der Waals surface area (Å²) in [7, 11) is 0. The van der Waals surface area contributed by atoms with Crippen molar-refractivity contribution in [3.05, 3.63) is 30.1 Å². The van der Waals surface area contributed by atoms with Crippen molar-refractivity contribution >= 4 is 5.91 Å². The highest BCUT2D eigenvalue weighted by Gasteiger charge is 2.15. The summed E-state index contributed by atoms with van der Waals surface area (Å²) < 4.78 is 0. The highest BCUT2D eigenvalue weighted by atomic mass is 16.2. The largest absolute Gasteiger partial charge is 0.355 e. The van der Waals surface area contributed by atoms with Crippen molar-refractivity contribution in [1.29, 1.82) is 0 Å². The Morgan fingerprint density at radius 1 is 1.32 bits per heavy atom. The number of carbonyl (C=O) groups excluding carboxylic acids is 1. The summed E-state index contributed by atoms with van der Waals surface area (Å²) in [5, 5.41) is 6.24. The molecule has 1 heterocycles. The standard InChI is InChI=1S/C15H25N3O/c1-11(2)7-9-17-15(19)13(4)18-12(3)14-6-5-8-16-10-14/h5-6,8,10-13,18H,7,9H2,1-4H3,(H,17,19)/t12-,13?/m0/s1. The molecule has 2 N–H and O–H groups in total. The summed E-state index contributed by atoms with van der Waals surface area (Å²) in [6, 6.07) is 3.82. The lowest BCUT2D eigenvalue weighted by Crippen LogP contribution is -2.43. The van der Waals surface area contributed by atoms with E-state index in [9.17, 15) is 4.79 Å². The van der Waals surface area contributed by atoms with Gasteiger partial charge in [-0.3, -0.25) is 15.1 Å². The van der Waals surface area contributed by atoms with Crippen LogP contribution < -0.4 is 10.6 Å². The number of aromatic nitrogens is 1. The molecule has 0 spiro atoms. The van der Waals surface area contributed by atoms with Crippen LogP contribution in [0.25, 0.3) is 0 Å². The van der Waals surface area contributed by atoms with Gasteiger partial charge in [0.1, 0.15) is 0 Å². The van der Waals surface area contributed by atoms with Crippen molar-refractivity contribution in [3.63, 3.8) is 0 Å². The third-order valence-electron chi connectivity index (χ3n) is 3.10. The fraction of sp³-hybridized carbons (Fsp3) is 0.600. The molecule has 0 aliphatic rings. The zero-order chi connectivity index (χ0) is 14.3. The van der Waals surface area contributed by atoms with Crippen LogP contribution >= 0.6 is 0 Å². The normalized spacial score (nSPS) is 14.2. The van der Waals surface area contributed by atoms with Crippen molar-refractivity contribution in [2.24, 2.45) is 5.92 Å². The minimum absolute atomic E-state index is 0.0522. The Morgan fingerprint density at radius 3 is 2.63 bits per heavy atom. The van der Waals surface area contributed by atoms with Gasteiger partial charge in [-0.15, -0.1) is 0 Å². The third kappa shape index (κ3) is 5.83. The number of pyridine rings is 1. The molecule has 106 valence electrons. The maximum absolute atomic E-state index is 11.9. The second-order valence-electron chi connectivity index (χ2n) is 5.37. The van der Waals surface area contributed by atoms with Gasteiger partial charge >= 0.3 is 0 Å². The van der Waals surface area contributed by atoms with E-state index < -0.39 is 0 Å². The van der Waals surface area contributed by atoms with Crippen LogP contribution in [0.15, 0.2) is 24.5 Å². The Kier molecular flexibility index (Phi) is 6.50. The number of carbonyl (C=O) groups is 1. The molecule has 0 aromatic carbocycles. The Labute approximate surface area is 116 Å². The summed E-state index contributed by atoms with van der Waals surface area (Å²) >= 11 is 0. The fourth-order valence-corrected chi connectivity index (χ4v) is 1.82. The Morgan fingerprint density at radius 2 is 2.05 bits per heavy atom. The van der Waals surface area contributed by atoms with Crippen molar-refractivity contribution < 1.29 is 4.79 Å². The molecule has 1 amide bonds. The van der Waals surface area contributed by atoms with Crippen molar-refractivity contribution in [1.82, 2.24) is 15.6 Å². The molecule has 1 aromatic heterocycles. The summed E-state index contributed by atoms with van der Waals surface area (Å²) in [4.78, 5) is 16.0. The zero-order valence-electron chi connectivity index (χ0n) is 12.3. The minimum atomic E-state index is -0.206. The van der Waals surface area contributed by atoms with Gasteiger partial charge in [0, 0.05) is 25.0 Å². The first kappa shape index (κ1) is 15.6. The van der Waals surface area contributed by atoms with E-state index in [0.29, 0.717) is 5.92 Å². The average molecular weight is 263 g/mol. The molecule has 1 rings (SSSR count). The molecule has 19 heavy (non-hydrogen) atoms. The van der Waals surface area contributed by atoms with Crippen LogP contribution in [0.2, 0.25) is 0 Å². The fourth-order valence-electron chi connectivity index (χ4n) is 1.82. The van der Waals surface area contributed by atoms with Crippen LogP contribution in [-0.4, -0.2) is 23.5 Å². The summed E-state index contributed by atoms with van der Waals surface area (Å²) in [6.45, 7) is 8.97. The Bertz CT molecular complexity index is 378. The first-order valence-corrected chi connectivity index (χ1v) is 6.94. The Hall–Kier alpha value is -1.42. The van der Waals surface area contributed by atoms with Gasteiger partial charge in [0.2, 0.25) is 5.91 Å². The minimum Gasteiger partial charge on any atom is -0.355 e. The smallest absolute Gasteiger partial charge is 0.236 e. The number of hydrogen-bond donors (Lipinski definition) is 2. The van der Waals surface area contributed by atoms with Crippen LogP contribution in [0.5, 0.6) is 0 Å². The third-order valence-corrected chi connectivity index (χ3v) is 3.10. The second-order valence-corrected chi connectivity index (χ2v) is 5.37. The maximum Gasteiger partial charge on any atom is 0.236 e. The summed E-state index contributed by atoms with van der Waals surface area (Å²) in [6.07, 6.45) is 4.58. The molecule has 0 radical (unpaired) electrons. The number of nitrogens with one attached hydrogen (secondary N) is 2. The number of nitrogens with zero attached hydrogens (tertiary/aromatic N) is 1. The quantitative estimate of drug-likeness (QED) is 0.793. The molecular formula is C15H25N3O. The Balaban J connectivity index is 2.37. The molecular weight excluding hydrogens is 238 g/mol. The van der Waals surface area contributed by atoms with Gasteiger partial charge in [-0.1, -0.05) is 19.9 Å².